The van der Waals surface area contributed by atoms with Gasteiger partial charge in [0.05, 0.1) is 0 Å². The molecule has 1 unspecified atom stereocenters. The maximum Gasteiger partial charge on any atom is 0.248 e. The highest BCUT2D eigenvalue weighted by Crippen LogP contribution is 1.78. The van der Waals surface area contributed by atoms with Crippen molar-refractivity contribution in [2.24, 2.45) is 0 Å². The average Bonchev–Trinajstić information content (AvgIpc) is 1.82. The van der Waals surface area contributed by atoms with Crippen LogP contribution in [0.5, 0.6) is 0 Å². The summed E-state index contributed by atoms with van der Waals surface area (Å²) in [6.45, 7) is 5.48. The zero-order valence-corrected chi connectivity index (χ0v) is 5.55. The normalized spacial score (nSPS) is 12.8. The van der Waals surface area contributed by atoms with Gasteiger partial charge in [0.15, 0.2) is 0 Å². The number of carbonyl (C=O) groups excluding carboxylic acids is 1. The maximum atomic E-state index is 10.5. The minimum Gasteiger partial charge on any atom is -0.384 e. The molecule has 0 aliphatic carbocycles. The molecule has 0 spiro atoms. The minimum atomic E-state index is -0.906. The van der Waals surface area contributed by atoms with Crippen molar-refractivity contribution in [3.63, 3.8) is 0 Å². The van der Waals surface area contributed by atoms with Gasteiger partial charge in [0.2, 0.25) is 5.91 Å². The Labute approximate surface area is 55.1 Å². The molecule has 0 aromatic carbocycles. The zero-order chi connectivity index (χ0) is 7.28. The van der Waals surface area contributed by atoms with Crippen LogP contribution >= 0.6 is 0 Å². The molecule has 0 aromatic rings. The van der Waals surface area contributed by atoms with Crippen molar-refractivity contribution in [2.45, 2.75) is 19.4 Å². The van der Waals surface area contributed by atoms with Crippen molar-refractivity contribution in [2.75, 3.05) is 6.54 Å². The average molecular weight is 130 g/mol. The molecular weight excluding hydrogens is 118 g/mol. The Hall–Kier alpha value is -0.570. The summed E-state index contributed by atoms with van der Waals surface area (Å²) in [4.78, 5) is 10.5. The molecule has 3 heteroatoms. The van der Waals surface area contributed by atoms with E-state index in [9.17, 15) is 4.79 Å². The number of amides is 1. The maximum absolute atomic E-state index is 10.5. The molecule has 0 rings (SSSR count). The number of aliphatic hydroxyl groups excluding tert-OH is 1. The monoisotopic (exact) mass is 130 g/mol. The van der Waals surface area contributed by atoms with Crippen molar-refractivity contribution < 1.29 is 9.90 Å². The third kappa shape index (κ3) is 3.97. The first kappa shape index (κ1) is 8.43. The molecule has 0 aromatic heterocycles. The van der Waals surface area contributed by atoms with E-state index in [4.69, 9.17) is 5.11 Å². The Bertz CT molecular complexity index is 91.1. The lowest BCUT2D eigenvalue weighted by molar-refractivity contribution is -0.128. The molecule has 0 fully saturated rings. The second kappa shape index (κ2) is 4.32. The molecule has 0 saturated carbocycles. The van der Waals surface area contributed by atoms with Gasteiger partial charge in [-0.2, -0.15) is 0 Å². The highest BCUT2D eigenvalue weighted by Gasteiger charge is 2.05. The number of aliphatic hydroxyl groups is 1. The quantitative estimate of drug-likeness (QED) is 0.551. The van der Waals surface area contributed by atoms with Crippen molar-refractivity contribution in [3.05, 3.63) is 6.92 Å². The smallest absolute Gasteiger partial charge is 0.248 e. The fraction of sp³-hybridized carbons (Fsp3) is 0.667. The molecule has 0 bridgehead atoms. The van der Waals surface area contributed by atoms with Gasteiger partial charge in [-0.15, -0.1) is 0 Å². The summed E-state index contributed by atoms with van der Waals surface area (Å²) in [6, 6.07) is 0. The summed E-state index contributed by atoms with van der Waals surface area (Å²) in [5.41, 5.74) is 0. The van der Waals surface area contributed by atoms with Crippen LogP contribution in [0.25, 0.3) is 0 Å². The molecule has 0 heterocycles. The molecule has 9 heavy (non-hydrogen) atoms. The summed E-state index contributed by atoms with van der Waals surface area (Å²) in [5, 5.41) is 11.1. The van der Waals surface area contributed by atoms with Crippen LogP contribution in [0, 0.1) is 6.92 Å². The fourth-order valence-corrected chi connectivity index (χ4v) is 0.359. The molecule has 53 valence electrons. The zero-order valence-electron chi connectivity index (χ0n) is 5.55. The van der Waals surface area contributed by atoms with Crippen molar-refractivity contribution >= 4 is 5.91 Å². The standard InChI is InChI=1S/C6H12NO2/c1-3-4-7-6(9)5(2)8/h5,8H,1,3-4H2,2H3,(H,7,9). The van der Waals surface area contributed by atoms with E-state index in [1.54, 1.807) is 0 Å². The Morgan fingerprint density at radius 3 is 2.78 bits per heavy atom. The highest BCUT2D eigenvalue weighted by atomic mass is 16.3. The Kier molecular flexibility index (Phi) is 4.05. The molecule has 0 saturated heterocycles. The summed E-state index contributed by atoms with van der Waals surface area (Å²) < 4.78 is 0. The van der Waals surface area contributed by atoms with Gasteiger partial charge < -0.3 is 10.4 Å². The first-order chi connectivity index (χ1) is 4.18. The minimum absolute atomic E-state index is 0.335. The lowest BCUT2D eigenvalue weighted by Gasteiger charge is -2.03. The van der Waals surface area contributed by atoms with E-state index >= 15 is 0 Å². The first-order valence-electron chi connectivity index (χ1n) is 2.93. The van der Waals surface area contributed by atoms with E-state index in [-0.39, 0.29) is 5.91 Å². The fourth-order valence-electron chi connectivity index (χ4n) is 0.359. The second-order valence-electron chi connectivity index (χ2n) is 1.82. The van der Waals surface area contributed by atoms with Gasteiger partial charge in [-0.1, -0.05) is 6.92 Å². The molecule has 1 amide bonds. The van der Waals surface area contributed by atoms with Gasteiger partial charge in [0, 0.05) is 6.54 Å². The molecule has 1 radical (unpaired) electrons. The van der Waals surface area contributed by atoms with Gasteiger partial charge in [-0.05, 0) is 13.3 Å². The van der Waals surface area contributed by atoms with Crippen LogP contribution in [0.4, 0.5) is 0 Å². The van der Waals surface area contributed by atoms with E-state index in [0.717, 1.165) is 0 Å². The lowest BCUT2D eigenvalue weighted by Crippen LogP contribution is -2.32. The Morgan fingerprint density at radius 1 is 1.89 bits per heavy atom. The Balaban J connectivity index is 3.28. The van der Waals surface area contributed by atoms with Crippen LogP contribution in [-0.2, 0) is 4.79 Å². The van der Waals surface area contributed by atoms with Gasteiger partial charge in [0.25, 0.3) is 0 Å². The van der Waals surface area contributed by atoms with Gasteiger partial charge in [-0.25, -0.2) is 0 Å². The van der Waals surface area contributed by atoms with Gasteiger partial charge in [0.1, 0.15) is 6.10 Å². The summed E-state index contributed by atoms with van der Waals surface area (Å²) in [7, 11) is 0. The second-order valence-corrected chi connectivity index (χ2v) is 1.82. The van der Waals surface area contributed by atoms with E-state index in [1.165, 1.54) is 6.92 Å². The van der Waals surface area contributed by atoms with E-state index in [1.807, 2.05) is 0 Å². The number of nitrogens with one attached hydrogen (secondary N) is 1. The summed E-state index contributed by atoms with van der Waals surface area (Å²) in [5.74, 6) is -0.335. The molecule has 3 nitrogen and oxygen atoms in total. The van der Waals surface area contributed by atoms with E-state index < -0.39 is 6.10 Å². The van der Waals surface area contributed by atoms with Crippen LogP contribution in [0.2, 0.25) is 0 Å². The topological polar surface area (TPSA) is 49.3 Å². The van der Waals surface area contributed by atoms with Crippen LogP contribution in [0.3, 0.4) is 0 Å². The van der Waals surface area contributed by atoms with Crippen molar-refractivity contribution in [1.29, 1.82) is 0 Å². The van der Waals surface area contributed by atoms with E-state index in [0.29, 0.717) is 13.0 Å². The third-order valence-corrected chi connectivity index (χ3v) is 0.855. The number of hydrogen-bond acceptors (Lipinski definition) is 2. The number of hydrogen-bond donors (Lipinski definition) is 2. The van der Waals surface area contributed by atoms with Crippen molar-refractivity contribution in [1.82, 2.24) is 5.32 Å². The van der Waals surface area contributed by atoms with Crippen LogP contribution in [0.15, 0.2) is 0 Å². The van der Waals surface area contributed by atoms with Gasteiger partial charge in [-0.3, -0.25) is 4.79 Å². The van der Waals surface area contributed by atoms with Crippen LogP contribution in [0.1, 0.15) is 13.3 Å². The first-order valence-corrected chi connectivity index (χ1v) is 2.93. The molecule has 2 N–H and O–H groups in total. The summed E-state index contributed by atoms with van der Waals surface area (Å²) >= 11 is 0. The van der Waals surface area contributed by atoms with E-state index in [2.05, 4.69) is 12.2 Å². The highest BCUT2D eigenvalue weighted by molar-refractivity contribution is 5.79. The molecular formula is C6H12NO2. The SMILES string of the molecule is [CH2]CCNC(=O)C(C)O. The molecule has 0 aliphatic rings. The predicted molar refractivity (Wildman–Crippen MR) is 34.7 cm³/mol. The predicted octanol–water partition coefficient (Wildman–Crippen LogP) is -0.292. The Morgan fingerprint density at radius 2 is 2.44 bits per heavy atom. The van der Waals surface area contributed by atoms with Crippen molar-refractivity contribution in [3.8, 4) is 0 Å². The van der Waals surface area contributed by atoms with Crippen LogP contribution in [-0.4, -0.2) is 23.7 Å². The lowest BCUT2D eigenvalue weighted by atomic mass is 10.4. The largest absolute Gasteiger partial charge is 0.384 e. The summed E-state index contributed by atoms with van der Waals surface area (Å²) in [6.07, 6.45) is -0.255. The third-order valence-electron chi connectivity index (χ3n) is 0.855. The van der Waals surface area contributed by atoms with Gasteiger partial charge >= 0.3 is 0 Å². The van der Waals surface area contributed by atoms with Crippen LogP contribution < -0.4 is 5.32 Å². The molecule has 0 aliphatic heterocycles. The number of carbonyl (C=O) groups is 1. The molecule has 1 atom stereocenters. The number of rotatable bonds is 3.